The summed E-state index contributed by atoms with van der Waals surface area (Å²) in [4.78, 5) is 10.6. The highest BCUT2D eigenvalue weighted by molar-refractivity contribution is 7.99. The molecule has 0 radical (unpaired) electrons. The molecule has 18 heavy (non-hydrogen) atoms. The maximum Gasteiger partial charge on any atom is 0.313 e. The molecule has 0 fully saturated rings. The van der Waals surface area contributed by atoms with Crippen molar-refractivity contribution >= 4 is 17.7 Å². The third kappa shape index (κ3) is 2.89. The Morgan fingerprint density at radius 2 is 2.28 bits per heavy atom. The highest BCUT2D eigenvalue weighted by Crippen LogP contribution is 2.17. The van der Waals surface area contributed by atoms with Crippen molar-refractivity contribution in [3.63, 3.8) is 0 Å². The molecule has 2 aromatic rings. The van der Waals surface area contributed by atoms with Gasteiger partial charge in [-0.25, -0.2) is 0 Å². The van der Waals surface area contributed by atoms with Crippen molar-refractivity contribution in [2.45, 2.75) is 18.6 Å². The molecule has 2 heterocycles. The van der Waals surface area contributed by atoms with Gasteiger partial charge in [0.15, 0.2) is 5.16 Å². The third-order valence-electron chi connectivity index (χ3n) is 2.32. The number of aliphatic carboxylic acids is 1. The Balaban J connectivity index is 2.16. The van der Waals surface area contributed by atoms with E-state index in [1.165, 1.54) is 0 Å². The molecule has 0 unspecified atom stereocenters. The number of hydrogen-bond donors (Lipinski definition) is 1. The molecule has 0 aliphatic rings. The molecule has 0 spiro atoms. The molecule has 0 atom stereocenters. The van der Waals surface area contributed by atoms with E-state index in [1.54, 1.807) is 4.68 Å². The van der Waals surface area contributed by atoms with Crippen LogP contribution in [0.5, 0.6) is 0 Å². The van der Waals surface area contributed by atoms with E-state index in [0.717, 1.165) is 23.3 Å². The Morgan fingerprint density at radius 1 is 1.50 bits per heavy atom. The standard InChI is InChI=1S/C10H13N5O2S/c1-7-11-12-10(18-6-9(16)17)15(7)5-8-3-4-14(2)13-8/h3-4H,5-6H2,1-2H3,(H,16,17). The summed E-state index contributed by atoms with van der Waals surface area (Å²) in [7, 11) is 1.85. The van der Waals surface area contributed by atoms with Crippen LogP contribution in [0.4, 0.5) is 0 Å². The van der Waals surface area contributed by atoms with Gasteiger partial charge in [0.1, 0.15) is 5.82 Å². The first-order valence-corrected chi connectivity index (χ1v) is 6.27. The number of aryl methyl sites for hydroxylation is 2. The van der Waals surface area contributed by atoms with Crippen molar-refractivity contribution in [3.05, 3.63) is 23.8 Å². The Morgan fingerprint density at radius 3 is 2.89 bits per heavy atom. The van der Waals surface area contributed by atoms with E-state index in [0.29, 0.717) is 11.7 Å². The summed E-state index contributed by atoms with van der Waals surface area (Å²) in [5.74, 6) is -0.154. The van der Waals surface area contributed by atoms with Crippen molar-refractivity contribution in [2.24, 2.45) is 7.05 Å². The highest BCUT2D eigenvalue weighted by atomic mass is 32.2. The molecular formula is C10H13N5O2S. The lowest BCUT2D eigenvalue weighted by Gasteiger charge is -2.05. The van der Waals surface area contributed by atoms with Crippen molar-refractivity contribution in [2.75, 3.05) is 5.75 Å². The fourth-order valence-electron chi connectivity index (χ4n) is 1.49. The number of rotatable bonds is 5. The summed E-state index contributed by atoms with van der Waals surface area (Å²) in [6, 6.07) is 1.91. The zero-order chi connectivity index (χ0) is 13.1. The molecule has 1 N–H and O–H groups in total. The maximum absolute atomic E-state index is 10.6. The Hall–Kier alpha value is -1.83. The average Bonchev–Trinajstić information content (AvgIpc) is 2.85. The van der Waals surface area contributed by atoms with Crippen LogP contribution in [-0.4, -0.2) is 41.4 Å². The average molecular weight is 267 g/mol. The molecule has 0 aliphatic heterocycles. The minimum absolute atomic E-state index is 0.0274. The highest BCUT2D eigenvalue weighted by Gasteiger charge is 2.12. The predicted molar refractivity (Wildman–Crippen MR) is 65.4 cm³/mol. The molecule has 0 bridgehead atoms. The maximum atomic E-state index is 10.6. The number of carboxylic acid groups (broad SMARTS) is 1. The van der Waals surface area contributed by atoms with E-state index < -0.39 is 5.97 Å². The number of aromatic nitrogens is 5. The van der Waals surface area contributed by atoms with Crippen LogP contribution in [0.15, 0.2) is 17.4 Å². The molecule has 7 nitrogen and oxygen atoms in total. The summed E-state index contributed by atoms with van der Waals surface area (Å²) in [5, 5.41) is 21.5. The van der Waals surface area contributed by atoms with Crippen LogP contribution in [0.25, 0.3) is 0 Å². The Bertz CT molecular complexity index is 562. The SMILES string of the molecule is Cc1nnc(SCC(=O)O)n1Cc1ccn(C)n1. The molecular weight excluding hydrogens is 254 g/mol. The van der Waals surface area contributed by atoms with Crippen molar-refractivity contribution < 1.29 is 9.90 Å². The van der Waals surface area contributed by atoms with Crippen LogP contribution in [0, 0.1) is 6.92 Å². The number of nitrogens with zero attached hydrogens (tertiary/aromatic N) is 5. The molecule has 8 heteroatoms. The number of hydrogen-bond acceptors (Lipinski definition) is 5. The van der Waals surface area contributed by atoms with E-state index in [-0.39, 0.29) is 5.75 Å². The van der Waals surface area contributed by atoms with Crippen molar-refractivity contribution in [1.29, 1.82) is 0 Å². The van der Waals surface area contributed by atoms with Gasteiger partial charge in [-0.15, -0.1) is 10.2 Å². The van der Waals surface area contributed by atoms with Crippen LogP contribution in [-0.2, 0) is 18.4 Å². The van der Waals surface area contributed by atoms with Crippen LogP contribution in [0.2, 0.25) is 0 Å². The molecule has 0 aliphatic carbocycles. The fraction of sp³-hybridized carbons (Fsp3) is 0.400. The fourth-order valence-corrected chi connectivity index (χ4v) is 2.19. The van der Waals surface area contributed by atoms with E-state index in [1.807, 2.05) is 30.8 Å². The lowest BCUT2D eigenvalue weighted by molar-refractivity contribution is -0.133. The first-order chi connectivity index (χ1) is 8.56. The summed E-state index contributed by atoms with van der Waals surface area (Å²) in [5.41, 5.74) is 0.887. The van der Waals surface area contributed by atoms with Crippen molar-refractivity contribution in [1.82, 2.24) is 24.5 Å². The molecule has 0 saturated carbocycles. The van der Waals surface area contributed by atoms with Gasteiger partial charge in [0.2, 0.25) is 0 Å². The molecule has 2 rings (SSSR count). The second-order valence-corrected chi connectivity index (χ2v) is 4.72. The van der Waals surface area contributed by atoms with Gasteiger partial charge < -0.3 is 9.67 Å². The van der Waals surface area contributed by atoms with E-state index in [2.05, 4.69) is 15.3 Å². The summed E-state index contributed by atoms with van der Waals surface area (Å²) in [6.07, 6.45) is 1.86. The van der Waals surface area contributed by atoms with Gasteiger partial charge in [-0.2, -0.15) is 5.10 Å². The van der Waals surface area contributed by atoms with Crippen LogP contribution < -0.4 is 0 Å². The van der Waals surface area contributed by atoms with Gasteiger partial charge in [-0.3, -0.25) is 9.48 Å². The molecule has 0 saturated heterocycles. The molecule has 0 amide bonds. The molecule has 2 aromatic heterocycles. The van der Waals surface area contributed by atoms with Gasteiger partial charge in [0, 0.05) is 13.2 Å². The number of carboxylic acids is 1. The molecule has 96 valence electrons. The van der Waals surface area contributed by atoms with Gasteiger partial charge in [0.25, 0.3) is 0 Å². The Labute approximate surface area is 108 Å². The quantitative estimate of drug-likeness (QED) is 0.796. The minimum Gasteiger partial charge on any atom is -0.481 e. The predicted octanol–water partition coefficient (Wildman–Crippen LogP) is 0.545. The van der Waals surface area contributed by atoms with E-state index in [4.69, 9.17) is 5.11 Å². The first-order valence-electron chi connectivity index (χ1n) is 5.29. The lowest BCUT2D eigenvalue weighted by atomic mass is 10.4. The van der Waals surface area contributed by atoms with E-state index >= 15 is 0 Å². The van der Waals surface area contributed by atoms with E-state index in [9.17, 15) is 4.79 Å². The topological polar surface area (TPSA) is 85.8 Å². The zero-order valence-electron chi connectivity index (χ0n) is 10.1. The van der Waals surface area contributed by atoms with Gasteiger partial charge in [0.05, 0.1) is 18.0 Å². The Kier molecular flexibility index (Phi) is 3.66. The second kappa shape index (κ2) is 5.21. The second-order valence-electron chi connectivity index (χ2n) is 3.78. The number of carbonyl (C=O) groups is 1. The van der Waals surface area contributed by atoms with Gasteiger partial charge in [-0.1, -0.05) is 11.8 Å². The van der Waals surface area contributed by atoms with Crippen LogP contribution in [0.3, 0.4) is 0 Å². The van der Waals surface area contributed by atoms with Gasteiger partial charge in [-0.05, 0) is 13.0 Å². The summed E-state index contributed by atoms with van der Waals surface area (Å²) >= 11 is 1.16. The third-order valence-corrected chi connectivity index (χ3v) is 3.27. The van der Waals surface area contributed by atoms with Crippen LogP contribution in [0.1, 0.15) is 11.5 Å². The summed E-state index contributed by atoms with van der Waals surface area (Å²) < 4.78 is 3.58. The monoisotopic (exact) mass is 267 g/mol. The molecule has 0 aromatic carbocycles. The zero-order valence-corrected chi connectivity index (χ0v) is 10.9. The summed E-state index contributed by atoms with van der Waals surface area (Å²) in [6.45, 7) is 2.38. The van der Waals surface area contributed by atoms with Gasteiger partial charge >= 0.3 is 5.97 Å². The first kappa shape index (κ1) is 12.6. The number of thioether (sulfide) groups is 1. The largest absolute Gasteiger partial charge is 0.481 e. The normalized spacial score (nSPS) is 10.8. The smallest absolute Gasteiger partial charge is 0.313 e. The van der Waals surface area contributed by atoms with Crippen LogP contribution >= 0.6 is 11.8 Å². The lowest BCUT2D eigenvalue weighted by Crippen LogP contribution is -2.07. The van der Waals surface area contributed by atoms with Crippen molar-refractivity contribution in [3.8, 4) is 0 Å². The minimum atomic E-state index is -0.870.